The second kappa shape index (κ2) is 21.4. The molecule has 0 radical (unpaired) electrons. The largest absolute Gasteiger partial charge is 0.368 e. The van der Waals surface area contributed by atoms with Gasteiger partial charge in [0.2, 0.25) is 35.4 Å². The molecule has 0 bridgehead atoms. The van der Waals surface area contributed by atoms with E-state index in [9.17, 15) is 28.8 Å². The summed E-state index contributed by atoms with van der Waals surface area (Å²) in [5, 5.41) is 16.5. The van der Waals surface area contributed by atoms with Crippen molar-refractivity contribution in [1.82, 2.24) is 31.6 Å². The normalized spacial score (nSPS) is 14.2. The van der Waals surface area contributed by atoms with E-state index in [1.165, 1.54) is 13.8 Å². The number of hydrogen-bond donors (Lipinski definition) is 9. The highest BCUT2D eigenvalue weighted by molar-refractivity contribution is 5.97. The number of nitrogens with one attached hydrogen (secondary N) is 6. The van der Waals surface area contributed by atoms with Crippen LogP contribution in [0.15, 0.2) is 103 Å². The van der Waals surface area contributed by atoms with Gasteiger partial charge in [0.1, 0.15) is 30.2 Å². The van der Waals surface area contributed by atoms with E-state index in [0.29, 0.717) is 19.4 Å². The number of nitrogens with two attached hydrogens (primary N) is 3. The van der Waals surface area contributed by atoms with Crippen molar-refractivity contribution in [2.75, 3.05) is 6.54 Å². The molecule has 15 nitrogen and oxygen atoms in total. The zero-order valence-electron chi connectivity index (χ0n) is 33.9. The summed E-state index contributed by atoms with van der Waals surface area (Å²) in [6.45, 7) is 3.38. The van der Waals surface area contributed by atoms with E-state index in [1.54, 1.807) is 30.5 Å². The number of primary amides is 1. The molecular weight excluding hydrogens is 763 g/mol. The fraction of sp³-hybridized carbons (Fsp3) is 0.333. The molecule has 5 aromatic rings. The van der Waals surface area contributed by atoms with Crippen molar-refractivity contribution in [3.05, 3.63) is 120 Å². The van der Waals surface area contributed by atoms with Gasteiger partial charge >= 0.3 is 0 Å². The monoisotopic (exact) mass is 817 g/mol. The minimum absolute atomic E-state index is 0.0139. The first-order valence-corrected chi connectivity index (χ1v) is 20.2. The van der Waals surface area contributed by atoms with Gasteiger partial charge in [0.05, 0.1) is 6.04 Å². The number of para-hydroxylation sites is 1. The maximum Gasteiger partial charge on any atom is 0.243 e. The molecule has 0 aliphatic carbocycles. The molecule has 6 atom stereocenters. The summed E-state index contributed by atoms with van der Waals surface area (Å²) >= 11 is 0. The van der Waals surface area contributed by atoms with Crippen LogP contribution in [0.1, 0.15) is 49.8 Å². The maximum absolute atomic E-state index is 14.3. The minimum Gasteiger partial charge on any atom is -0.368 e. The minimum atomic E-state index is -1.23. The lowest BCUT2D eigenvalue weighted by molar-refractivity contribution is -0.134. The maximum atomic E-state index is 14.3. The predicted molar refractivity (Wildman–Crippen MR) is 231 cm³/mol. The Morgan fingerprint density at radius 2 is 1.15 bits per heavy atom. The van der Waals surface area contributed by atoms with Gasteiger partial charge in [0.25, 0.3) is 0 Å². The Hall–Kier alpha value is -6.58. The number of unbranched alkanes of at least 4 members (excludes halogenated alkanes) is 1. The fourth-order valence-electron chi connectivity index (χ4n) is 6.90. The first-order valence-electron chi connectivity index (χ1n) is 20.2. The molecule has 0 saturated heterocycles. The Balaban J connectivity index is 1.37. The van der Waals surface area contributed by atoms with Crippen LogP contribution in [0.25, 0.3) is 21.7 Å². The van der Waals surface area contributed by atoms with Crippen LogP contribution in [0.5, 0.6) is 0 Å². The quantitative estimate of drug-likeness (QED) is 0.0492. The molecule has 0 aliphatic rings. The number of hydrogen-bond acceptors (Lipinski definition) is 8. The van der Waals surface area contributed by atoms with Crippen LogP contribution < -0.4 is 43.8 Å². The highest BCUT2D eigenvalue weighted by atomic mass is 16.2. The molecule has 60 heavy (non-hydrogen) atoms. The summed E-state index contributed by atoms with van der Waals surface area (Å²) in [7, 11) is 0. The Morgan fingerprint density at radius 1 is 0.583 bits per heavy atom. The Kier molecular flexibility index (Phi) is 15.9. The molecule has 0 saturated carbocycles. The van der Waals surface area contributed by atoms with Crippen LogP contribution in [0, 0.1) is 0 Å². The third-order valence-corrected chi connectivity index (χ3v) is 10.3. The molecule has 1 aromatic heterocycles. The van der Waals surface area contributed by atoms with Gasteiger partial charge in [-0.1, -0.05) is 91.0 Å². The lowest BCUT2D eigenvalue weighted by atomic mass is 10.0. The number of fused-ring (bicyclic) bond motifs is 2. The van der Waals surface area contributed by atoms with E-state index in [2.05, 4.69) is 31.6 Å². The molecule has 0 spiro atoms. The average Bonchev–Trinajstić information content (AvgIpc) is 3.65. The third-order valence-electron chi connectivity index (χ3n) is 10.3. The van der Waals surface area contributed by atoms with Gasteiger partial charge in [-0.15, -0.1) is 0 Å². The van der Waals surface area contributed by atoms with Crippen molar-refractivity contribution in [3.63, 3.8) is 0 Å². The lowest BCUT2D eigenvalue weighted by Crippen LogP contribution is -2.59. The second-order valence-corrected chi connectivity index (χ2v) is 15.1. The van der Waals surface area contributed by atoms with E-state index in [4.69, 9.17) is 17.2 Å². The summed E-state index contributed by atoms with van der Waals surface area (Å²) in [4.78, 5) is 84.2. The van der Waals surface area contributed by atoms with E-state index in [-0.39, 0.29) is 25.7 Å². The number of amides is 6. The van der Waals surface area contributed by atoms with E-state index in [0.717, 1.165) is 38.4 Å². The zero-order valence-corrected chi connectivity index (χ0v) is 33.9. The van der Waals surface area contributed by atoms with Crippen LogP contribution in [-0.4, -0.2) is 83.2 Å². The Labute approximate surface area is 349 Å². The molecule has 0 aliphatic heterocycles. The van der Waals surface area contributed by atoms with Gasteiger partial charge in [-0.2, -0.15) is 0 Å². The van der Waals surface area contributed by atoms with Gasteiger partial charge in [-0.3, -0.25) is 28.8 Å². The number of aromatic amines is 1. The first-order chi connectivity index (χ1) is 28.8. The van der Waals surface area contributed by atoms with Crippen molar-refractivity contribution in [1.29, 1.82) is 0 Å². The van der Waals surface area contributed by atoms with Crippen LogP contribution in [0.4, 0.5) is 0 Å². The first kappa shape index (κ1) is 44.5. The van der Waals surface area contributed by atoms with Crippen molar-refractivity contribution < 1.29 is 28.8 Å². The summed E-state index contributed by atoms with van der Waals surface area (Å²) in [5.74, 6) is -3.90. The molecule has 4 aromatic carbocycles. The third kappa shape index (κ3) is 12.5. The van der Waals surface area contributed by atoms with Crippen molar-refractivity contribution in [3.8, 4) is 0 Å². The number of carbonyl (C=O) groups is 6. The van der Waals surface area contributed by atoms with E-state index < -0.39 is 71.7 Å². The van der Waals surface area contributed by atoms with Crippen LogP contribution in [-0.2, 0) is 48.0 Å². The van der Waals surface area contributed by atoms with Gasteiger partial charge in [0.15, 0.2) is 0 Å². The molecule has 12 N–H and O–H groups in total. The number of rotatable bonds is 21. The van der Waals surface area contributed by atoms with Gasteiger partial charge in [-0.25, -0.2) is 0 Å². The predicted octanol–water partition coefficient (Wildman–Crippen LogP) is 1.75. The van der Waals surface area contributed by atoms with Gasteiger partial charge in [0, 0.05) is 36.4 Å². The number of benzene rings is 4. The Bertz CT molecular complexity index is 2280. The lowest BCUT2D eigenvalue weighted by Gasteiger charge is -2.26. The summed E-state index contributed by atoms with van der Waals surface area (Å²) in [6, 6.07) is 23.4. The fourth-order valence-corrected chi connectivity index (χ4v) is 6.90. The van der Waals surface area contributed by atoms with Crippen LogP contribution in [0.2, 0.25) is 0 Å². The summed E-state index contributed by atoms with van der Waals surface area (Å²) in [6.07, 6.45) is 3.39. The summed E-state index contributed by atoms with van der Waals surface area (Å²) < 4.78 is 0. The summed E-state index contributed by atoms with van der Waals surface area (Å²) in [5.41, 5.74) is 20.2. The standard InChI is InChI=1S/C45H55N9O6/c1-27(47)41(56)52-38(24-30-19-20-31-14-6-7-15-32(31)22-30)43(58)50-28(2)42(57)53-39(25-33-26-49-35-17-9-8-16-34(33)35)45(60)54-37(23-29-12-4-3-5-13-29)44(59)51-36(40(48)55)18-10-11-21-46/h3-9,12-17,19-20,22,26-28,36-39,49H,10-11,18,21,23-25,46-47H2,1-2H3,(H2,48,55)(H,50,58)(H,51,59)(H,52,56)(H,53,57)(H,54,60)/t27-,28+,36+,37+,38-,39+/m1/s1. The molecule has 316 valence electrons. The highest BCUT2D eigenvalue weighted by Gasteiger charge is 2.32. The molecule has 1 heterocycles. The van der Waals surface area contributed by atoms with Gasteiger partial charge < -0.3 is 48.8 Å². The van der Waals surface area contributed by atoms with Crippen molar-refractivity contribution in [2.45, 2.75) is 88.6 Å². The van der Waals surface area contributed by atoms with E-state index in [1.807, 2.05) is 72.8 Å². The molecule has 0 fully saturated rings. The number of carbonyl (C=O) groups excluding carboxylic acids is 6. The number of H-pyrrole nitrogens is 1. The molecule has 5 rings (SSSR count). The topological polar surface area (TPSA) is 256 Å². The smallest absolute Gasteiger partial charge is 0.243 e. The second-order valence-electron chi connectivity index (χ2n) is 15.1. The van der Waals surface area contributed by atoms with E-state index >= 15 is 0 Å². The van der Waals surface area contributed by atoms with Crippen molar-refractivity contribution in [2.24, 2.45) is 17.2 Å². The Morgan fingerprint density at radius 3 is 1.83 bits per heavy atom. The molecular formula is C45H55N9O6. The number of aromatic nitrogens is 1. The SMILES string of the molecule is C[C@H](NC(=O)[C@@H](Cc1ccc2ccccc2c1)NC(=O)[C@@H](C)N)C(=O)N[C@@H](Cc1c[nH]c2ccccc12)C(=O)N[C@@H](Cc1ccccc1)C(=O)N[C@@H](CCCCN)C(N)=O. The van der Waals surface area contributed by atoms with Crippen LogP contribution in [0.3, 0.4) is 0 Å². The molecule has 15 heteroatoms. The average molecular weight is 818 g/mol. The molecule has 0 unspecified atom stereocenters. The van der Waals surface area contributed by atoms with Crippen LogP contribution >= 0.6 is 0 Å². The zero-order chi connectivity index (χ0) is 43.2. The van der Waals surface area contributed by atoms with Gasteiger partial charge in [-0.05, 0) is 73.2 Å². The van der Waals surface area contributed by atoms with Crippen molar-refractivity contribution >= 4 is 57.1 Å². The highest BCUT2D eigenvalue weighted by Crippen LogP contribution is 2.20. The molecule has 6 amide bonds.